The Labute approximate surface area is 146 Å². The van der Waals surface area contributed by atoms with Crippen LogP contribution >= 0.6 is 11.8 Å². The molecule has 1 aromatic carbocycles. The molecule has 1 aliphatic heterocycles. The van der Waals surface area contributed by atoms with Crippen LogP contribution in [0.15, 0.2) is 24.3 Å². The number of benzene rings is 1. The van der Waals surface area contributed by atoms with Gasteiger partial charge in [-0.1, -0.05) is 18.2 Å². The van der Waals surface area contributed by atoms with Crippen LogP contribution in [0.4, 0.5) is 13.2 Å². The van der Waals surface area contributed by atoms with Crippen molar-refractivity contribution >= 4 is 11.8 Å². The number of rotatable bonds is 7. The van der Waals surface area contributed by atoms with Crippen LogP contribution in [0.3, 0.4) is 0 Å². The van der Waals surface area contributed by atoms with Gasteiger partial charge in [0.25, 0.3) is 0 Å². The van der Waals surface area contributed by atoms with Crippen molar-refractivity contribution in [1.82, 2.24) is 4.90 Å². The van der Waals surface area contributed by atoms with Gasteiger partial charge in [0.2, 0.25) is 0 Å². The van der Waals surface area contributed by atoms with Crippen LogP contribution in [-0.2, 0) is 12.6 Å². The van der Waals surface area contributed by atoms with Crippen molar-refractivity contribution in [2.45, 2.75) is 31.9 Å². The molecule has 0 amide bonds. The van der Waals surface area contributed by atoms with Crippen LogP contribution < -0.4 is 0 Å². The van der Waals surface area contributed by atoms with Gasteiger partial charge in [-0.05, 0) is 74.4 Å². The van der Waals surface area contributed by atoms with Crippen molar-refractivity contribution in [3.8, 4) is 0 Å². The number of nitrogens with zero attached hydrogens (tertiary/aromatic N) is 1. The number of alkyl halides is 3. The Balaban J connectivity index is 2.03. The van der Waals surface area contributed by atoms with Crippen molar-refractivity contribution < 1.29 is 18.3 Å². The number of halogens is 3. The molecule has 0 atom stereocenters. The lowest BCUT2D eigenvalue weighted by molar-refractivity contribution is -0.138. The summed E-state index contributed by atoms with van der Waals surface area (Å²) in [6, 6.07) is 5.75. The summed E-state index contributed by atoms with van der Waals surface area (Å²) in [5.41, 5.74) is -0.702. The monoisotopic (exact) mass is 361 g/mol. The zero-order valence-electron chi connectivity index (χ0n) is 14.1. The molecule has 1 fully saturated rings. The van der Waals surface area contributed by atoms with Crippen molar-refractivity contribution in [2.24, 2.45) is 5.41 Å². The van der Waals surface area contributed by atoms with Gasteiger partial charge in [0, 0.05) is 6.61 Å². The number of thioether (sulfide) groups is 1. The number of aliphatic hydroxyl groups excluding tert-OH is 1. The second kappa shape index (κ2) is 8.59. The zero-order valence-corrected chi connectivity index (χ0v) is 14.9. The Hall–Kier alpha value is -0.720. The Morgan fingerprint density at radius 3 is 2.46 bits per heavy atom. The van der Waals surface area contributed by atoms with Gasteiger partial charge in [0.1, 0.15) is 0 Å². The maximum atomic E-state index is 13.2. The highest BCUT2D eigenvalue weighted by Crippen LogP contribution is 2.39. The molecule has 2 nitrogen and oxygen atoms in total. The number of aliphatic hydroxyl groups is 1. The average molecular weight is 361 g/mol. The van der Waals surface area contributed by atoms with Crippen molar-refractivity contribution in [2.75, 3.05) is 38.2 Å². The van der Waals surface area contributed by atoms with Crippen LogP contribution in [0, 0.1) is 5.41 Å². The lowest BCUT2D eigenvalue weighted by Gasteiger charge is -2.41. The second-order valence-electron chi connectivity index (χ2n) is 6.68. The maximum Gasteiger partial charge on any atom is 0.416 e. The van der Waals surface area contributed by atoms with Gasteiger partial charge in [0.05, 0.1) is 5.56 Å². The van der Waals surface area contributed by atoms with Gasteiger partial charge in [-0.25, -0.2) is 0 Å². The van der Waals surface area contributed by atoms with E-state index in [1.165, 1.54) is 6.07 Å². The highest BCUT2D eigenvalue weighted by molar-refractivity contribution is 7.98. The van der Waals surface area contributed by atoms with Crippen molar-refractivity contribution in [3.05, 3.63) is 35.4 Å². The fraction of sp³-hybridized carbons (Fsp3) is 0.667. The van der Waals surface area contributed by atoms with Gasteiger partial charge in [0.15, 0.2) is 0 Å². The molecule has 1 aliphatic rings. The highest BCUT2D eigenvalue weighted by atomic mass is 32.2. The summed E-state index contributed by atoms with van der Waals surface area (Å²) in [7, 11) is 0. The first-order valence-corrected chi connectivity index (χ1v) is 9.77. The SMILES string of the molecule is CSCCCN1CCC(CO)(Cc2ccccc2C(F)(F)F)CC1. The molecule has 2 rings (SSSR count). The largest absolute Gasteiger partial charge is 0.416 e. The summed E-state index contributed by atoms with van der Waals surface area (Å²) in [4.78, 5) is 2.36. The molecule has 0 unspecified atom stereocenters. The third-order valence-electron chi connectivity index (χ3n) is 4.96. The van der Waals surface area contributed by atoms with E-state index >= 15 is 0 Å². The molecule has 1 N–H and O–H groups in total. The van der Waals surface area contributed by atoms with Crippen molar-refractivity contribution in [1.29, 1.82) is 0 Å². The highest BCUT2D eigenvalue weighted by Gasteiger charge is 2.38. The van der Waals surface area contributed by atoms with E-state index in [-0.39, 0.29) is 13.0 Å². The predicted octanol–water partition coefficient (Wildman–Crippen LogP) is 4.08. The molecule has 1 heterocycles. The summed E-state index contributed by atoms with van der Waals surface area (Å²) in [6.07, 6.45) is 0.656. The number of hydrogen-bond donors (Lipinski definition) is 1. The molecule has 0 spiro atoms. The second-order valence-corrected chi connectivity index (χ2v) is 7.66. The van der Waals surface area contributed by atoms with Gasteiger partial charge >= 0.3 is 6.18 Å². The molecule has 0 radical (unpaired) electrons. The fourth-order valence-corrected chi connectivity index (χ4v) is 3.85. The van der Waals surface area contributed by atoms with Gasteiger partial charge in [-0.3, -0.25) is 0 Å². The van der Waals surface area contributed by atoms with Crippen LogP contribution in [0.1, 0.15) is 30.4 Å². The molecule has 1 aromatic rings. The number of piperidine rings is 1. The standard InChI is InChI=1S/C18H26F3NOS/c1-24-12-4-9-22-10-7-17(14-23,8-11-22)13-15-5-2-3-6-16(15)18(19,20)21/h2-3,5-6,23H,4,7-14H2,1H3. The zero-order chi connectivity index (χ0) is 17.6. The van der Waals surface area contributed by atoms with E-state index in [2.05, 4.69) is 11.2 Å². The lowest BCUT2D eigenvalue weighted by atomic mass is 9.73. The summed E-state index contributed by atoms with van der Waals surface area (Å²) >= 11 is 1.83. The topological polar surface area (TPSA) is 23.5 Å². The fourth-order valence-electron chi connectivity index (χ4n) is 3.43. The van der Waals surface area contributed by atoms with E-state index in [1.54, 1.807) is 12.1 Å². The first kappa shape index (κ1) is 19.6. The van der Waals surface area contributed by atoms with Gasteiger partial charge in [-0.15, -0.1) is 0 Å². The molecule has 1 saturated heterocycles. The van der Waals surface area contributed by atoms with Crippen LogP contribution in [0.25, 0.3) is 0 Å². The molecule has 0 aromatic heterocycles. The summed E-state index contributed by atoms with van der Waals surface area (Å²) in [5, 5.41) is 9.89. The van der Waals surface area contributed by atoms with E-state index in [0.717, 1.165) is 50.7 Å². The molecule has 136 valence electrons. The smallest absolute Gasteiger partial charge is 0.396 e. The molecular weight excluding hydrogens is 335 g/mol. The third-order valence-corrected chi connectivity index (χ3v) is 5.66. The Kier molecular flexibility index (Phi) is 7.01. The lowest BCUT2D eigenvalue weighted by Crippen LogP contribution is -2.43. The number of hydrogen-bond acceptors (Lipinski definition) is 3. The van der Waals surface area contributed by atoms with Gasteiger partial charge in [-0.2, -0.15) is 24.9 Å². The van der Waals surface area contributed by atoms with Gasteiger partial charge < -0.3 is 10.0 Å². The molecule has 0 aliphatic carbocycles. The van der Waals surface area contributed by atoms with Crippen LogP contribution in [-0.4, -0.2) is 48.3 Å². The van der Waals surface area contributed by atoms with E-state index in [9.17, 15) is 18.3 Å². The Morgan fingerprint density at radius 2 is 1.88 bits per heavy atom. The molecule has 0 bridgehead atoms. The van der Waals surface area contributed by atoms with E-state index in [0.29, 0.717) is 5.56 Å². The summed E-state index contributed by atoms with van der Waals surface area (Å²) in [5.74, 6) is 1.13. The molecule has 6 heteroatoms. The quantitative estimate of drug-likeness (QED) is 0.741. The first-order valence-electron chi connectivity index (χ1n) is 8.37. The molecule has 0 saturated carbocycles. The van der Waals surface area contributed by atoms with Crippen molar-refractivity contribution in [3.63, 3.8) is 0 Å². The number of likely N-dealkylation sites (tertiary alicyclic amines) is 1. The average Bonchev–Trinajstić information content (AvgIpc) is 2.56. The van der Waals surface area contributed by atoms with E-state index in [4.69, 9.17) is 0 Å². The van der Waals surface area contributed by atoms with E-state index in [1.807, 2.05) is 11.8 Å². The molecular formula is C18H26F3NOS. The maximum absolute atomic E-state index is 13.2. The first-order chi connectivity index (χ1) is 11.4. The normalized spacial score (nSPS) is 18.7. The van der Waals surface area contributed by atoms with Crippen LogP contribution in [0.2, 0.25) is 0 Å². The van der Waals surface area contributed by atoms with Crippen LogP contribution in [0.5, 0.6) is 0 Å². The minimum Gasteiger partial charge on any atom is -0.396 e. The van der Waals surface area contributed by atoms with E-state index < -0.39 is 17.2 Å². The third kappa shape index (κ3) is 5.14. The predicted molar refractivity (Wildman–Crippen MR) is 93.3 cm³/mol. The Morgan fingerprint density at radius 1 is 1.21 bits per heavy atom. The minimum absolute atomic E-state index is 0.0577. The summed E-state index contributed by atoms with van der Waals surface area (Å²) < 4.78 is 39.6. The Bertz CT molecular complexity index is 513. The minimum atomic E-state index is -4.34. The molecule has 24 heavy (non-hydrogen) atoms. The summed E-state index contributed by atoms with van der Waals surface area (Å²) in [6.45, 7) is 2.67.